The van der Waals surface area contributed by atoms with Crippen LogP contribution in [-0.4, -0.2) is 29.7 Å². The van der Waals surface area contributed by atoms with Crippen LogP contribution in [0.25, 0.3) is 10.8 Å². The number of ketones is 1. The van der Waals surface area contributed by atoms with E-state index in [-0.39, 0.29) is 34.7 Å². The standard InChI is InChI=1S/C15H13FN2O4/c16-9-4-1-3-8-12(9)15(21)22-14(17)13(8)10(19)7-18-6-2-5-11(18)20/h1,3-4H,2,5-7,17H2. The lowest BCUT2D eigenvalue weighted by Gasteiger charge is -2.15. The lowest BCUT2D eigenvalue weighted by atomic mass is 10.0. The number of Topliss-reactive ketones (excluding diaryl/α,β-unsaturated/α-hetero) is 1. The fourth-order valence-corrected chi connectivity index (χ4v) is 2.69. The zero-order valence-electron chi connectivity index (χ0n) is 11.6. The highest BCUT2D eigenvalue weighted by Crippen LogP contribution is 2.24. The number of carbonyl (C=O) groups excluding carboxylic acids is 2. The summed E-state index contributed by atoms with van der Waals surface area (Å²) in [6.07, 6.45) is 1.10. The van der Waals surface area contributed by atoms with Gasteiger partial charge in [0.25, 0.3) is 0 Å². The number of rotatable bonds is 3. The smallest absolute Gasteiger partial charge is 0.348 e. The zero-order chi connectivity index (χ0) is 15.9. The summed E-state index contributed by atoms with van der Waals surface area (Å²) in [5, 5.41) is -0.210. The maximum Gasteiger partial charge on any atom is 0.348 e. The van der Waals surface area contributed by atoms with Crippen molar-refractivity contribution < 1.29 is 18.4 Å². The molecule has 2 aromatic rings. The Bertz CT molecular complexity index is 843. The van der Waals surface area contributed by atoms with E-state index in [1.165, 1.54) is 17.0 Å². The summed E-state index contributed by atoms with van der Waals surface area (Å²) in [6.45, 7) is 0.329. The van der Waals surface area contributed by atoms with Gasteiger partial charge in [0.2, 0.25) is 11.8 Å². The average molecular weight is 304 g/mol. The molecule has 114 valence electrons. The Morgan fingerprint density at radius 1 is 1.36 bits per heavy atom. The third-order valence-electron chi connectivity index (χ3n) is 3.72. The maximum atomic E-state index is 13.8. The molecule has 2 heterocycles. The molecule has 0 atom stereocenters. The first kappa shape index (κ1) is 14.2. The van der Waals surface area contributed by atoms with E-state index < -0.39 is 17.2 Å². The number of benzene rings is 1. The fourth-order valence-electron chi connectivity index (χ4n) is 2.69. The number of likely N-dealkylation sites (tertiary alicyclic amines) is 1. The van der Waals surface area contributed by atoms with Crippen molar-refractivity contribution in [2.24, 2.45) is 0 Å². The molecule has 0 unspecified atom stereocenters. The van der Waals surface area contributed by atoms with Gasteiger partial charge < -0.3 is 15.1 Å². The van der Waals surface area contributed by atoms with Gasteiger partial charge in [0.05, 0.1) is 12.1 Å². The Hall–Kier alpha value is -2.70. The van der Waals surface area contributed by atoms with Crippen LogP contribution in [0, 0.1) is 5.82 Å². The summed E-state index contributed by atoms with van der Waals surface area (Å²) >= 11 is 0. The highest BCUT2D eigenvalue weighted by atomic mass is 19.1. The number of carbonyl (C=O) groups is 2. The van der Waals surface area contributed by atoms with Gasteiger partial charge in [0, 0.05) is 18.4 Å². The van der Waals surface area contributed by atoms with E-state index in [0.717, 1.165) is 6.07 Å². The molecular weight excluding hydrogens is 291 g/mol. The molecule has 0 saturated carbocycles. The van der Waals surface area contributed by atoms with Crippen LogP contribution in [0.2, 0.25) is 0 Å². The number of fused-ring (bicyclic) bond motifs is 1. The molecule has 1 aliphatic heterocycles. The Morgan fingerprint density at radius 2 is 2.14 bits per heavy atom. The van der Waals surface area contributed by atoms with Crippen LogP contribution in [0.1, 0.15) is 23.2 Å². The molecule has 1 aliphatic rings. The van der Waals surface area contributed by atoms with Crippen molar-refractivity contribution in [1.29, 1.82) is 0 Å². The first-order valence-corrected chi connectivity index (χ1v) is 6.81. The van der Waals surface area contributed by atoms with Gasteiger partial charge in [0.1, 0.15) is 11.2 Å². The van der Waals surface area contributed by atoms with E-state index in [9.17, 15) is 18.8 Å². The van der Waals surface area contributed by atoms with E-state index >= 15 is 0 Å². The third kappa shape index (κ3) is 2.24. The first-order chi connectivity index (χ1) is 10.5. The molecule has 1 aromatic heterocycles. The van der Waals surface area contributed by atoms with Crippen LogP contribution in [0.3, 0.4) is 0 Å². The van der Waals surface area contributed by atoms with E-state index in [4.69, 9.17) is 10.2 Å². The van der Waals surface area contributed by atoms with Gasteiger partial charge in [-0.1, -0.05) is 12.1 Å². The Labute approximate surface area is 124 Å². The number of nitrogens with two attached hydrogens (primary N) is 1. The summed E-state index contributed by atoms with van der Waals surface area (Å²) in [5.74, 6) is -1.73. The molecule has 0 bridgehead atoms. The minimum atomic E-state index is -0.931. The van der Waals surface area contributed by atoms with Crippen LogP contribution in [0.5, 0.6) is 0 Å². The Balaban J connectivity index is 2.10. The molecule has 2 N–H and O–H groups in total. The van der Waals surface area contributed by atoms with Crippen molar-refractivity contribution >= 4 is 28.3 Å². The van der Waals surface area contributed by atoms with Crippen LogP contribution in [0.4, 0.5) is 10.3 Å². The van der Waals surface area contributed by atoms with Crippen LogP contribution in [0.15, 0.2) is 27.4 Å². The molecule has 7 heteroatoms. The Morgan fingerprint density at radius 3 is 2.82 bits per heavy atom. The topological polar surface area (TPSA) is 93.6 Å². The average Bonchev–Trinajstić information content (AvgIpc) is 2.83. The van der Waals surface area contributed by atoms with Crippen LogP contribution < -0.4 is 11.4 Å². The molecule has 1 saturated heterocycles. The van der Waals surface area contributed by atoms with Gasteiger partial charge in [0.15, 0.2) is 5.78 Å². The van der Waals surface area contributed by atoms with Crippen LogP contribution >= 0.6 is 0 Å². The number of nitrogen functional groups attached to an aromatic ring is 1. The van der Waals surface area contributed by atoms with Crippen molar-refractivity contribution in [3.8, 4) is 0 Å². The number of hydrogen-bond acceptors (Lipinski definition) is 5. The molecule has 0 spiro atoms. The summed E-state index contributed by atoms with van der Waals surface area (Å²) in [4.78, 5) is 37.2. The molecule has 1 amide bonds. The van der Waals surface area contributed by atoms with Crippen molar-refractivity contribution in [3.63, 3.8) is 0 Å². The molecule has 0 radical (unpaired) electrons. The van der Waals surface area contributed by atoms with Crippen molar-refractivity contribution in [3.05, 3.63) is 40.0 Å². The number of amides is 1. The van der Waals surface area contributed by atoms with E-state index in [1.54, 1.807) is 0 Å². The first-order valence-electron chi connectivity index (χ1n) is 6.81. The molecule has 1 aromatic carbocycles. The number of nitrogens with zero attached hydrogens (tertiary/aromatic N) is 1. The lowest BCUT2D eigenvalue weighted by Crippen LogP contribution is -2.31. The van der Waals surface area contributed by atoms with Gasteiger partial charge in [-0.25, -0.2) is 9.18 Å². The predicted molar refractivity (Wildman–Crippen MR) is 77.0 cm³/mol. The van der Waals surface area contributed by atoms with E-state index in [0.29, 0.717) is 19.4 Å². The SMILES string of the molecule is Nc1oc(=O)c2c(F)cccc2c1C(=O)CN1CCCC1=O. The normalized spacial score (nSPS) is 14.8. The van der Waals surface area contributed by atoms with E-state index in [1.807, 2.05) is 0 Å². The van der Waals surface area contributed by atoms with Gasteiger partial charge in [-0.05, 0) is 12.5 Å². The third-order valence-corrected chi connectivity index (χ3v) is 3.72. The molecule has 1 fully saturated rings. The number of hydrogen-bond donors (Lipinski definition) is 1. The van der Waals surface area contributed by atoms with E-state index in [2.05, 4.69) is 0 Å². The van der Waals surface area contributed by atoms with Crippen molar-refractivity contribution in [2.45, 2.75) is 12.8 Å². The number of anilines is 1. The monoisotopic (exact) mass is 304 g/mol. The Kier molecular flexibility index (Phi) is 3.40. The zero-order valence-corrected chi connectivity index (χ0v) is 11.6. The second-order valence-corrected chi connectivity index (χ2v) is 5.13. The maximum absolute atomic E-state index is 13.8. The van der Waals surface area contributed by atoms with Crippen LogP contribution in [-0.2, 0) is 4.79 Å². The lowest BCUT2D eigenvalue weighted by molar-refractivity contribution is -0.127. The fraction of sp³-hybridized carbons (Fsp3) is 0.267. The predicted octanol–water partition coefficient (Wildman–Crippen LogP) is 1.32. The summed E-state index contributed by atoms with van der Waals surface area (Å²) in [6, 6.07) is 3.92. The van der Waals surface area contributed by atoms with Gasteiger partial charge in [-0.15, -0.1) is 0 Å². The summed E-state index contributed by atoms with van der Waals surface area (Å²) in [7, 11) is 0. The highest BCUT2D eigenvalue weighted by Gasteiger charge is 2.26. The second-order valence-electron chi connectivity index (χ2n) is 5.13. The van der Waals surface area contributed by atoms with Crippen molar-refractivity contribution in [1.82, 2.24) is 4.90 Å². The molecule has 0 aliphatic carbocycles. The molecule has 22 heavy (non-hydrogen) atoms. The number of halogens is 1. The molecule has 6 nitrogen and oxygen atoms in total. The van der Waals surface area contributed by atoms with Gasteiger partial charge >= 0.3 is 5.63 Å². The summed E-state index contributed by atoms with van der Waals surface area (Å²) in [5.41, 5.74) is 4.64. The molecular formula is C15H13FN2O4. The summed E-state index contributed by atoms with van der Waals surface area (Å²) < 4.78 is 18.6. The molecule has 3 rings (SSSR count). The quantitative estimate of drug-likeness (QED) is 0.863. The van der Waals surface area contributed by atoms with Gasteiger partial charge in [-0.2, -0.15) is 0 Å². The van der Waals surface area contributed by atoms with Crippen molar-refractivity contribution in [2.75, 3.05) is 18.8 Å². The second kappa shape index (κ2) is 5.25. The minimum absolute atomic E-state index is 0.0613. The minimum Gasteiger partial charge on any atom is -0.406 e. The largest absolute Gasteiger partial charge is 0.406 e. The van der Waals surface area contributed by atoms with Gasteiger partial charge in [-0.3, -0.25) is 9.59 Å². The highest BCUT2D eigenvalue weighted by molar-refractivity contribution is 6.12.